The van der Waals surface area contributed by atoms with E-state index in [1.54, 1.807) is 0 Å². The monoisotopic (exact) mass is 239 g/mol. The average Bonchev–Trinajstić information content (AvgIpc) is 2.25. The number of nitrogens with one attached hydrogen (secondary N) is 1. The third-order valence-electron chi connectivity index (χ3n) is 4.55. The summed E-state index contributed by atoms with van der Waals surface area (Å²) in [6, 6.07) is 1.66. The Kier molecular flexibility index (Phi) is 3.66. The first-order chi connectivity index (χ1) is 8.36. The molecule has 0 bridgehead atoms. The zero-order chi connectivity index (χ0) is 11.7. The van der Waals surface area contributed by atoms with Crippen LogP contribution in [0.2, 0.25) is 0 Å². The van der Waals surface area contributed by atoms with Crippen LogP contribution >= 0.6 is 0 Å². The molecule has 1 aliphatic carbocycles. The van der Waals surface area contributed by atoms with Gasteiger partial charge >= 0.3 is 0 Å². The molecule has 4 heteroatoms. The molecule has 1 N–H and O–H groups in total. The number of hydrogen-bond donors (Lipinski definition) is 1. The molecule has 3 fully saturated rings. The van der Waals surface area contributed by atoms with Gasteiger partial charge in [0.1, 0.15) is 0 Å². The maximum Gasteiger partial charge on any atom is 0.0604 e. The average molecular weight is 239 g/mol. The van der Waals surface area contributed by atoms with Crippen molar-refractivity contribution in [2.45, 2.75) is 38.0 Å². The van der Waals surface area contributed by atoms with E-state index in [-0.39, 0.29) is 0 Å². The molecule has 3 aliphatic rings. The van der Waals surface area contributed by atoms with Gasteiger partial charge in [-0.15, -0.1) is 0 Å². The van der Waals surface area contributed by atoms with Crippen LogP contribution in [0.4, 0.5) is 0 Å². The van der Waals surface area contributed by atoms with Crippen LogP contribution in [-0.4, -0.2) is 73.9 Å². The smallest absolute Gasteiger partial charge is 0.0604 e. The standard InChI is InChI=1S/C13H25N3O/c1-2-17-13-7-11(8-13)16-9-12(10-16)15-5-3-14-4-6-15/h11-14H,2-10H2,1H3. The lowest BCUT2D eigenvalue weighted by molar-refractivity contribution is -0.0869. The minimum absolute atomic E-state index is 0.559. The number of rotatable bonds is 4. The van der Waals surface area contributed by atoms with Crippen LogP contribution in [0.3, 0.4) is 0 Å². The first-order valence-electron chi connectivity index (χ1n) is 7.17. The second-order valence-electron chi connectivity index (χ2n) is 5.60. The van der Waals surface area contributed by atoms with Gasteiger partial charge < -0.3 is 10.1 Å². The van der Waals surface area contributed by atoms with Gasteiger partial charge in [-0.2, -0.15) is 0 Å². The third kappa shape index (κ3) is 2.50. The topological polar surface area (TPSA) is 27.7 Å². The van der Waals surface area contributed by atoms with Gasteiger partial charge in [-0.1, -0.05) is 0 Å². The Morgan fingerprint density at radius 3 is 2.41 bits per heavy atom. The summed E-state index contributed by atoms with van der Waals surface area (Å²) >= 11 is 0. The highest BCUT2D eigenvalue weighted by Gasteiger charge is 2.41. The fourth-order valence-electron chi connectivity index (χ4n) is 3.27. The van der Waals surface area contributed by atoms with Crippen molar-refractivity contribution in [1.29, 1.82) is 0 Å². The van der Waals surface area contributed by atoms with E-state index in [9.17, 15) is 0 Å². The lowest BCUT2D eigenvalue weighted by Gasteiger charge is -2.53. The first-order valence-corrected chi connectivity index (χ1v) is 7.17. The van der Waals surface area contributed by atoms with Gasteiger partial charge in [0.05, 0.1) is 6.10 Å². The van der Waals surface area contributed by atoms with Crippen molar-refractivity contribution in [3.63, 3.8) is 0 Å². The van der Waals surface area contributed by atoms with Gasteiger partial charge in [0.15, 0.2) is 0 Å². The van der Waals surface area contributed by atoms with Crippen LogP contribution in [0.15, 0.2) is 0 Å². The molecule has 0 aromatic rings. The molecule has 0 aromatic carbocycles. The van der Waals surface area contributed by atoms with E-state index < -0.39 is 0 Å². The lowest BCUT2D eigenvalue weighted by atomic mass is 9.85. The lowest BCUT2D eigenvalue weighted by Crippen LogP contribution is -2.66. The van der Waals surface area contributed by atoms with Gasteiger partial charge in [-0.05, 0) is 19.8 Å². The number of nitrogens with zero attached hydrogens (tertiary/aromatic N) is 2. The van der Waals surface area contributed by atoms with Crippen molar-refractivity contribution in [2.24, 2.45) is 0 Å². The van der Waals surface area contributed by atoms with E-state index in [0.717, 1.165) is 18.7 Å². The minimum atomic E-state index is 0.559. The molecule has 0 radical (unpaired) electrons. The maximum atomic E-state index is 5.62. The Morgan fingerprint density at radius 1 is 1.06 bits per heavy atom. The van der Waals surface area contributed by atoms with Crippen LogP contribution < -0.4 is 5.32 Å². The molecule has 4 nitrogen and oxygen atoms in total. The molecule has 3 rings (SSSR count). The predicted octanol–water partition coefficient (Wildman–Crippen LogP) is 0.143. The van der Waals surface area contributed by atoms with Crippen LogP contribution in [0.1, 0.15) is 19.8 Å². The van der Waals surface area contributed by atoms with E-state index in [1.807, 2.05) is 0 Å². The fourth-order valence-corrected chi connectivity index (χ4v) is 3.27. The molecule has 2 saturated heterocycles. The maximum absolute atomic E-state index is 5.62. The Hall–Kier alpha value is -0.160. The summed E-state index contributed by atoms with van der Waals surface area (Å²) < 4.78 is 5.62. The first kappa shape index (κ1) is 11.9. The van der Waals surface area contributed by atoms with Crippen molar-refractivity contribution < 1.29 is 4.74 Å². The number of likely N-dealkylation sites (tertiary alicyclic amines) is 1. The van der Waals surface area contributed by atoms with E-state index in [1.165, 1.54) is 52.1 Å². The van der Waals surface area contributed by atoms with Gasteiger partial charge in [0, 0.05) is 58.0 Å². The number of hydrogen-bond acceptors (Lipinski definition) is 4. The normalized spacial score (nSPS) is 36.5. The zero-order valence-corrected chi connectivity index (χ0v) is 10.9. The molecule has 0 aromatic heterocycles. The molecular weight excluding hydrogens is 214 g/mol. The van der Waals surface area contributed by atoms with Crippen LogP contribution in [0.5, 0.6) is 0 Å². The Labute approximate surface area is 104 Å². The van der Waals surface area contributed by atoms with Crippen LogP contribution in [-0.2, 0) is 4.74 Å². The molecule has 0 spiro atoms. The highest BCUT2D eigenvalue weighted by molar-refractivity contribution is 4.98. The van der Waals surface area contributed by atoms with Gasteiger partial charge in [0.25, 0.3) is 0 Å². The third-order valence-corrected chi connectivity index (χ3v) is 4.55. The van der Waals surface area contributed by atoms with Crippen molar-refractivity contribution in [2.75, 3.05) is 45.9 Å². The molecular formula is C13H25N3O. The Bertz CT molecular complexity index is 243. The highest BCUT2D eigenvalue weighted by Crippen LogP contribution is 2.32. The van der Waals surface area contributed by atoms with Gasteiger partial charge in [-0.25, -0.2) is 0 Å². The largest absolute Gasteiger partial charge is 0.378 e. The molecule has 17 heavy (non-hydrogen) atoms. The van der Waals surface area contributed by atoms with E-state index in [4.69, 9.17) is 4.74 Å². The van der Waals surface area contributed by atoms with E-state index >= 15 is 0 Å². The van der Waals surface area contributed by atoms with Crippen molar-refractivity contribution in [1.82, 2.24) is 15.1 Å². The Balaban J connectivity index is 1.35. The summed E-state index contributed by atoms with van der Waals surface area (Å²) in [7, 11) is 0. The van der Waals surface area contributed by atoms with Crippen LogP contribution in [0, 0.1) is 0 Å². The second kappa shape index (κ2) is 5.22. The van der Waals surface area contributed by atoms with Crippen LogP contribution in [0.25, 0.3) is 0 Å². The summed E-state index contributed by atoms with van der Waals surface area (Å²) in [6.45, 7) is 10.4. The summed E-state index contributed by atoms with van der Waals surface area (Å²) in [5, 5.41) is 3.42. The molecule has 0 amide bonds. The molecule has 0 atom stereocenters. The highest BCUT2D eigenvalue weighted by atomic mass is 16.5. The van der Waals surface area contributed by atoms with Gasteiger partial charge in [-0.3, -0.25) is 9.80 Å². The zero-order valence-electron chi connectivity index (χ0n) is 10.9. The van der Waals surface area contributed by atoms with Gasteiger partial charge in [0.2, 0.25) is 0 Å². The number of ether oxygens (including phenoxy) is 1. The predicted molar refractivity (Wildman–Crippen MR) is 68.2 cm³/mol. The summed E-state index contributed by atoms with van der Waals surface area (Å²) in [5.41, 5.74) is 0. The van der Waals surface area contributed by atoms with Crippen molar-refractivity contribution in [3.05, 3.63) is 0 Å². The summed E-state index contributed by atoms with van der Waals surface area (Å²) in [5.74, 6) is 0. The number of piperazine rings is 1. The molecule has 2 aliphatic heterocycles. The van der Waals surface area contributed by atoms with Crippen molar-refractivity contribution >= 4 is 0 Å². The Morgan fingerprint density at radius 2 is 1.76 bits per heavy atom. The summed E-state index contributed by atoms with van der Waals surface area (Å²) in [4.78, 5) is 5.31. The molecule has 98 valence electrons. The summed E-state index contributed by atoms with van der Waals surface area (Å²) in [6.07, 6.45) is 3.09. The molecule has 2 heterocycles. The van der Waals surface area contributed by atoms with E-state index in [0.29, 0.717) is 6.10 Å². The quantitative estimate of drug-likeness (QED) is 0.755. The molecule has 1 saturated carbocycles. The minimum Gasteiger partial charge on any atom is -0.378 e. The SMILES string of the molecule is CCOC1CC(N2CC(N3CCNCC3)C2)C1. The fraction of sp³-hybridized carbons (Fsp3) is 1.00. The molecule has 0 unspecified atom stereocenters. The van der Waals surface area contributed by atoms with Crippen molar-refractivity contribution in [3.8, 4) is 0 Å². The second-order valence-corrected chi connectivity index (χ2v) is 5.60. The van der Waals surface area contributed by atoms with E-state index in [2.05, 4.69) is 22.0 Å².